The van der Waals surface area contributed by atoms with Crippen molar-refractivity contribution in [3.05, 3.63) is 53.1 Å². The molecule has 0 bridgehead atoms. The van der Waals surface area contributed by atoms with Gasteiger partial charge in [-0.25, -0.2) is 0 Å². The molecule has 0 radical (unpaired) electrons. The van der Waals surface area contributed by atoms with Crippen molar-refractivity contribution >= 4 is 17.3 Å². The molecule has 1 atom stereocenters. The Kier molecular flexibility index (Phi) is 7.03. The molecule has 0 saturated carbocycles. The van der Waals surface area contributed by atoms with Gasteiger partial charge in [-0.05, 0) is 43.7 Å². The summed E-state index contributed by atoms with van der Waals surface area (Å²) in [7, 11) is 3.42. The lowest BCUT2D eigenvalue weighted by Gasteiger charge is -2.44. The van der Waals surface area contributed by atoms with E-state index < -0.39 is 0 Å². The number of rotatable bonds is 6. The number of ether oxygens (including phenoxy) is 2. The standard InChI is InChI=1S/C24H32ClN3O2/c1-29-23-10-3-6-19(24(23)30-2)17-26-11-5-9-22(18-26)28-14-12-27(13-15-28)21-8-4-7-20(25)16-21/h3-4,6-8,10,16,22H,5,9,11-15,17-18H2,1-2H3/t22-/m0/s1. The van der Waals surface area contributed by atoms with Crippen molar-refractivity contribution < 1.29 is 9.47 Å². The molecule has 0 spiro atoms. The zero-order valence-corrected chi connectivity index (χ0v) is 18.8. The van der Waals surface area contributed by atoms with Crippen molar-refractivity contribution in [2.75, 3.05) is 58.4 Å². The molecule has 162 valence electrons. The monoisotopic (exact) mass is 429 g/mol. The summed E-state index contributed by atoms with van der Waals surface area (Å²) in [6.45, 7) is 7.47. The Morgan fingerprint density at radius 2 is 1.77 bits per heavy atom. The predicted octanol–water partition coefficient (Wildman–Crippen LogP) is 4.14. The van der Waals surface area contributed by atoms with E-state index in [1.165, 1.54) is 24.1 Å². The molecule has 2 aliphatic rings. The van der Waals surface area contributed by atoms with Crippen LogP contribution in [0.25, 0.3) is 0 Å². The highest BCUT2D eigenvalue weighted by Gasteiger charge is 2.28. The van der Waals surface area contributed by atoms with Crippen LogP contribution in [0.2, 0.25) is 5.02 Å². The van der Waals surface area contributed by atoms with Crippen LogP contribution in [0.1, 0.15) is 18.4 Å². The largest absolute Gasteiger partial charge is 0.493 e. The van der Waals surface area contributed by atoms with Crippen molar-refractivity contribution in [2.45, 2.75) is 25.4 Å². The van der Waals surface area contributed by atoms with Crippen molar-refractivity contribution in [2.24, 2.45) is 0 Å². The quantitative estimate of drug-likeness (QED) is 0.688. The minimum absolute atomic E-state index is 0.622. The van der Waals surface area contributed by atoms with Gasteiger partial charge in [-0.1, -0.05) is 29.8 Å². The second-order valence-electron chi connectivity index (χ2n) is 8.19. The number of halogens is 1. The van der Waals surface area contributed by atoms with E-state index in [1.807, 2.05) is 24.3 Å². The van der Waals surface area contributed by atoms with Gasteiger partial charge in [-0.2, -0.15) is 0 Å². The molecule has 0 unspecified atom stereocenters. The number of hydrogen-bond acceptors (Lipinski definition) is 5. The van der Waals surface area contributed by atoms with E-state index in [1.54, 1.807) is 14.2 Å². The predicted molar refractivity (Wildman–Crippen MR) is 123 cm³/mol. The summed E-state index contributed by atoms with van der Waals surface area (Å²) >= 11 is 6.18. The van der Waals surface area contributed by atoms with Gasteiger partial charge in [0.05, 0.1) is 14.2 Å². The van der Waals surface area contributed by atoms with Gasteiger partial charge in [-0.15, -0.1) is 0 Å². The van der Waals surface area contributed by atoms with Crippen LogP contribution in [0.4, 0.5) is 5.69 Å². The molecular weight excluding hydrogens is 398 g/mol. The maximum Gasteiger partial charge on any atom is 0.165 e. The van der Waals surface area contributed by atoms with Crippen LogP contribution in [-0.2, 0) is 6.54 Å². The number of piperazine rings is 1. The van der Waals surface area contributed by atoms with Gasteiger partial charge in [0, 0.05) is 61.6 Å². The fourth-order valence-electron chi connectivity index (χ4n) is 4.81. The smallest absolute Gasteiger partial charge is 0.165 e. The van der Waals surface area contributed by atoms with Crippen molar-refractivity contribution in [3.63, 3.8) is 0 Å². The normalized spacial score (nSPS) is 20.9. The van der Waals surface area contributed by atoms with E-state index in [0.29, 0.717) is 6.04 Å². The number of anilines is 1. The number of nitrogens with zero attached hydrogens (tertiary/aromatic N) is 3. The maximum atomic E-state index is 6.18. The van der Waals surface area contributed by atoms with Crippen LogP contribution < -0.4 is 14.4 Å². The van der Waals surface area contributed by atoms with Crippen LogP contribution in [-0.4, -0.2) is 69.3 Å². The summed E-state index contributed by atoms with van der Waals surface area (Å²) in [5.74, 6) is 1.66. The lowest BCUT2D eigenvalue weighted by atomic mass is 10.0. The molecule has 0 N–H and O–H groups in total. The first kappa shape index (κ1) is 21.3. The Hall–Kier alpha value is -1.95. The van der Waals surface area contributed by atoms with Crippen molar-refractivity contribution in [1.29, 1.82) is 0 Å². The summed E-state index contributed by atoms with van der Waals surface area (Å²) in [6.07, 6.45) is 2.52. The van der Waals surface area contributed by atoms with Gasteiger partial charge < -0.3 is 14.4 Å². The van der Waals surface area contributed by atoms with Gasteiger partial charge >= 0.3 is 0 Å². The highest BCUT2D eigenvalue weighted by molar-refractivity contribution is 6.30. The maximum absolute atomic E-state index is 6.18. The lowest BCUT2D eigenvalue weighted by Crippen LogP contribution is -2.55. The molecular formula is C24H32ClN3O2. The van der Waals surface area contributed by atoms with Gasteiger partial charge in [0.1, 0.15) is 0 Å². The summed E-state index contributed by atoms with van der Waals surface area (Å²) in [5.41, 5.74) is 2.43. The molecule has 2 heterocycles. The number of piperidine rings is 1. The van der Waals surface area contributed by atoms with E-state index in [0.717, 1.165) is 62.3 Å². The first-order valence-corrected chi connectivity index (χ1v) is 11.2. The Labute approximate surface area is 185 Å². The summed E-state index contributed by atoms with van der Waals surface area (Å²) in [4.78, 5) is 7.69. The molecule has 2 saturated heterocycles. The first-order valence-electron chi connectivity index (χ1n) is 10.8. The average molecular weight is 430 g/mol. The Morgan fingerprint density at radius 1 is 0.967 bits per heavy atom. The molecule has 0 aromatic heterocycles. The molecule has 2 fully saturated rings. The fraction of sp³-hybridized carbons (Fsp3) is 0.500. The zero-order valence-electron chi connectivity index (χ0n) is 18.0. The highest BCUT2D eigenvalue weighted by atomic mass is 35.5. The van der Waals surface area contributed by atoms with Crippen LogP contribution in [0.5, 0.6) is 11.5 Å². The molecule has 5 nitrogen and oxygen atoms in total. The number of benzene rings is 2. The fourth-order valence-corrected chi connectivity index (χ4v) is 4.99. The Bertz CT molecular complexity index is 839. The third kappa shape index (κ3) is 4.85. The molecule has 6 heteroatoms. The molecule has 2 aromatic rings. The summed E-state index contributed by atoms with van der Waals surface area (Å²) in [6, 6.07) is 15.0. The number of methoxy groups -OCH3 is 2. The van der Waals surface area contributed by atoms with E-state index in [9.17, 15) is 0 Å². The van der Waals surface area contributed by atoms with Crippen molar-refractivity contribution in [3.8, 4) is 11.5 Å². The van der Waals surface area contributed by atoms with E-state index in [4.69, 9.17) is 21.1 Å². The SMILES string of the molecule is COc1cccc(CN2CCC[C@H](N3CCN(c4cccc(Cl)c4)CC3)C2)c1OC. The van der Waals surface area contributed by atoms with E-state index >= 15 is 0 Å². The molecule has 30 heavy (non-hydrogen) atoms. The van der Waals surface area contributed by atoms with Crippen molar-refractivity contribution in [1.82, 2.24) is 9.80 Å². The van der Waals surface area contributed by atoms with Gasteiger partial charge in [0.15, 0.2) is 11.5 Å². The van der Waals surface area contributed by atoms with E-state index in [-0.39, 0.29) is 0 Å². The van der Waals surface area contributed by atoms with Crippen LogP contribution >= 0.6 is 11.6 Å². The molecule has 2 aliphatic heterocycles. The topological polar surface area (TPSA) is 28.2 Å². The zero-order chi connectivity index (χ0) is 20.9. The number of hydrogen-bond donors (Lipinski definition) is 0. The first-order chi connectivity index (χ1) is 14.7. The van der Waals surface area contributed by atoms with Gasteiger partial charge in [0.2, 0.25) is 0 Å². The van der Waals surface area contributed by atoms with Crippen LogP contribution in [0.3, 0.4) is 0 Å². The minimum atomic E-state index is 0.622. The lowest BCUT2D eigenvalue weighted by molar-refractivity contribution is 0.0882. The highest BCUT2D eigenvalue weighted by Crippen LogP contribution is 2.32. The second-order valence-corrected chi connectivity index (χ2v) is 8.62. The number of para-hydroxylation sites is 1. The summed E-state index contributed by atoms with van der Waals surface area (Å²) in [5, 5.41) is 0.811. The van der Waals surface area contributed by atoms with Crippen LogP contribution in [0.15, 0.2) is 42.5 Å². The Morgan fingerprint density at radius 3 is 2.50 bits per heavy atom. The molecule has 2 aromatic carbocycles. The third-order valence-corrected chi connectivity index (χ3v) is 6.60. The average Bonchev–Trinajstić information content (AvgIpc) is 2.79. The third-order valence-electron chi connectivity index (χ3n) is 6.36. The molecule has 0 aliphatic carbocycles. The van der Waals surface area contributed by atoms with Crippen LogP contribution in [0, 0.1) is 0 Å². The summed E-state index contributed by atoms with van der Waals surface area (Å²) < 4.78 is 11.1. The minimum Gasteiger partial charge on any atom is -0.493 e. The van der Waals surface area contributed by atoms with E-state index in [2.05, 4.69) is 32.9 Å². The van der Waals surface area contributed by atoms with Gasteiger partial charge in [0.25, 0.3) is 0 Å². The second kappa shape index (κ2) is 9.90. The van der Waals surface area contributed by atoms with Gasteiger partial charge in [-0.3, -0.25) is 9.80 Å². The Balaban J connectivity index is 1.35. The molecule has 4 rings (SSSR count). The number of likely N-dealkylation sites (tertiary alicyclic amines) is 1. The molecule has 0 amide bonds.